The smallest absolute Gasteiger partial charge is 0.327 e. The Balaban J connectivity index is 1.88. The van der Waals surface area contributed by atoms with E-state index in [2.05, 4.69) is 21.7 Å². The van der Waals surface area contributed by atoms with Gasteiger partial charge in [-0.15, -0.1) is 0 Å². The van der Waals surface area contributed by atoms with Crippen LogP contribution < -0.4 is 10.4 Å². The number of pyridine rings is 1. The number of H-pyrrole nitrogens is 1. The molecule has 28 heavy (non-hydrogen) atoms. The van der Waals surface area contributed by atoms with Gasteiger partial charge in [0.2, 0.25) is 0 Å². The van der Waals surface area contributed by atoms with Crippen LogP contribution in [-0.4, -0.2) is 26.3 Å². The minimum atomic E-state index is -0.312. The third-order valence-electron chi connectivity index (χ3n) is 5.23. The molecule has 140 valence electrons. The first-order valence-electron chi connectivity index (χ1n) is 9.00. The lowest BCUT2D eigenvalue weighted by molar-refractivity contribution is 0.255. The maximum Gasteiger partial charge on any atom is 0.327 e. The first-order chi connectivity index (χ1) is 13.6. The Kier molecular flexibility index (Phi) is 3.52. The van der Waals surface area contributed by atoms with Gasteiger partial charge in [-0.3, -0.25) is 9.55 Å². The van der Waals surface area contributed by atoms with Crippen molar-refractivity contribution in [1.82, 2.24) is 19.7 Å². The van der Waals surface area contributed by atoms with Crippen molar-refractivity contribution in [3.63, 3.8) is 0 Å². The molecular formula is C21H18N4O3. The number of ether oxygens (including phenoxy) is 1. The normalized spacial score (nSPS) is 15.6. The van der Waals surface area contributed by atoms with Gasteiger partial charge in [-0.25, -0.2) is 4.79 Å². The van der Waals surface area contributed by atoms with E-state index in [1.165, 1.54) is 0 Å². The number of aromatic nitrogens is 4. The zero-order valence-electron chi connectivity index (χ0n) is 15.5. The third kappa shape index (κ3) is 2.19. The van der Waals surface area contributed by atoms with E-state index in [0.717, 1.165) is 28.1 Å². The van der Waals surface area contributed by atoms with E-state index in [0.29, 0.717) is 29.2 Å². The van der Waals surface area contributed by atoms with Gasteiger partial charge in [-0.05, 0) is 32.0 Å². The van der Waals surface area contributed by atoms with E-state index in [9.17, 15) is 4.79 Å². The summed E-state index contributed by atoms with van der Waals surface area (Å²) in [6.07, 6.45) is 3.45. The fourth-order valence-corrected chi connectivity index (χ4v) is 3.99. The molecule has 0 spiro atoms. The first kappa shape index (κ1) is 16.6. The molecule has 1 atom stereocenters. The largest absolute Gasteiger partial charge is 0.488 e. The van der Waals surface area contributed by atoms with Crippen LogP contribution in [0.15, 0.2) is 46.4 Å². The van der Waals surface area contributed by atoms with Crippen LogP contribution in [0.2, 0.25) is 0 Å². The molecule has 3 aromatic heterocycles. The van der Waals surface area contributed by atoms with E-state index in [4.69, 9.17) is 9.26 Å². The van der Waals surface area contributed by atoms with Gasteiger partial charge in [0.25, 0.3) is 0 Å². The highest BCUT2D eigenvalue weighted by atomic mass is 16.5. The van der Waals surface area contributed by atoms with Crippen molar-refractivity contribution >= 4 is 17.1 Å². The van der Waals surface area contributed by atoms with Crippen molar-refractivity contribution in [2.75, 3.05) is 6.61 Å². The van der Waals surface area contributed by atoms with Gasteiger partial charge in [0, 0.05) is 17.3 Å². The molecule has 0 radical (unpaired) electrons. The maximum atomic E-state index is 12.9. The molecular weight excluding hydrogens is 356 g/mol. The van der Waals surface area contributed by atoms with E-state index in [1.807, 2.05) is 38.1 Å². The molecule has 7 heteroatoms. The highest BCUT2D eigenvalue weighted by Gasteiger charge is 2.32. The maximum absolute atomic E-state index is 12.9. The molecule has 1 aromatic carbocycles. The number of imidazole rings is 1. The Labute approximate surface area is 160 Å². The zero-order chi connectivity index (χ0) is 19.4. The predicted molar refractivity (Wildman–Crippen MR) is 105 cm³/mol. The van der Waals surface area contributed by atoms with E-state index in [-0.39, 0.29) is 11.7 Å². The van der Waals surface area contributed by atoms with Crippen LogP contribution in [0.3, 0.4) is 0 Å². The van der Waals surface area contributed by atoms with Gasteiger partial charge >= 0.3 is 5.69 Å². The minimum absolute atomic E-state index is 0.200. The summed E-state index contributed by atoms with van der Waals surface area (Å²) in [5.74, 6) is 1.34. The molecule has 4 heterocycles. The van der Waals surface area contributed by atoms with Crippen LogP contribution >= 0.6 is 0 Å². The lowest BCUT2D eigenvalue weighted by Crippen LogP contribution is -2.31. The number of hydrogen-bond donors (Lipinski definition) is 1. The summed E-state index contributed by atoms with van der Waals surface area (Å²) in [6.45, 7) is 7.97. The summed E-state index contributed by atoms with van der Waals surface area (Å²) in [5.41, 5.74) is 5.28. The number of benzene rings is 1. The Morgan fingerprint density at radius 3 is 2.89 bits per heavy atom. The summed E-state index contributed by atoms with van der Waals surface area (Å²) in [4.78, 5) is 20.3. The molecule has 1 aliphatic heterocycles. The quantitative estimate of drug-likeness (QED) is 0.592. The van der Waals surface area contributed by atoms with Crippen LogP contribution in [0.25, 0.3) is 28.2 Å². The van der Waals surface area contributed by atoms with Gasteiger partial charge in [0.15, 0.2) is 5.75 Å². The summed E-state index contributed by atoms with van der Waals surface area (Å²) >= 11 is 0. The van der Waals surface area contributed by atoms with Crippen molar-refractivity contribution in [3.05, 3.63) is 70.2 Å². The summed E-state index contributed by atoms with van der Waals surface area (Å²) in [5, 5.41) is 4.07. The van der Waals surface area contributed by atoms with Gasteiger partial charge in [-0.1, -0.05) is 23.9 Å². The molecule has 0 amide bonds. The molecule has 0 fully saturated rings. The molecule has 5 rings (SSSR count). The monoisotopic (exact) mass is 374 g/mol. The summed E-state index contributed by atoms with van der Waals surface area (Å²) in [6, 6.07) is 7.30. The summed E-state index contributed by atoms with van der Waals surface area (Å²) < 4.78 is 13.3. The Bertz CT molecular complexity index is 1260. The van der Waals surface area contributed by atoms with Crippen LogP contribution in [0.5, 0.6) is 5.75 Å². The second kappa shape index (κ2) is 5.95. The van der Waals surface area contributed by atoms with E-state index < -0.39 is 0 Å². The topological polar surface area (TPSA) is 85.9 Å². The average Bonchev–Trinajstić information content (AvgIpc) is 3.24. The lowest BCUT2D eigenvalue weighted by Gasteiger charge is -2.26. The summed E-state index contributed by atoms with van der Waals surface area (Å²) in [7, 11) is 0. The Hall–Kier alpha value is -3.61. The van der Waals surface area contributed by atoms with E-state index in [1.54, 1.807) is 16.8 Å². The number of aryl methyl sites for hydroxylation is 2. The zero-order valence-corrected chi connectivity index (χ0v) is 15.5. The van der Waals surface area contributed by atoms with Crippen LogP contribution in [-0.2, 0) is 0 Å². The highest BCUT2D eigenvalue weighted by molar-refractivity contribution is 5.97. The molecule has 0 bridgehead atoms. The Morgan fingerprint density at radius 2 is 2.21 bits per heavy atom. The third-order valence-corrected chi connectivity index (χ3v) is 5.23. The van der Waals surface area contributed by atoms with Gasteiger partial charge in [-0.2, -0.15) is 0 Å². The van der Waals surface area contributed by atoms with Crippen molar-refractivity contribution in [1.29, 1.82) is 0 Å². The number of hydrogen-bond acceptors (Lipinski definition) is 5. The molecule has 0 saturated heterocycles. The molecule has 0 aliphatic carbocycles. The van der Waals surface area contributed by atoms with Gasteiger partial charge < -0.3 is 14.2 Å². The number of aromatic amines is 1. The number of nitrogens with one attached hydrogen (secondary N) is 1. The fourth-order valence-electron chi connectivity index (χ4n) is 3.99. The SMILES string of the molecule is C=Cc1cc(-c2c(C)noc2C)c2c3c1[nH]c(=O)n3[C@@H](c1ccccn1)CO2. The number of rotatable bonds is 3. The van der Waals surface area contributed by atoms with Crippen molar-refractivity contribution < 1.29 is 9.26 Å². The van der Waals surface area contributed by atoms with Gasteiger partial charge in [0.05, 0.1) is 22.5 Å². The number of nitrogens with zero attached hydrogens (tertiary/aromatic N) is 3. The molecule has 7 nitrogen and oxygen atoms in total. The second-order valence-electron chi connectivity index (χ2n) is 6.85. The van der Waals surface area contributed by atoms with E-state index >= 15 is 0 Å². The average molecular weight is 374 g/mol. The van der Waals surface area contributed by atoms with Crippen LogP contribution in [0, 0.1) is 13.8 Å². The minimum Gasteiger partial charge on any atom is -0.488 e. The lowest BCUT2D eigenvalue weighted by atomic mass is 9.97. The molecule has 1 aliphatic rings. The molecule has 1 N–H and O–H groups in total. The highest BCUT2D eigenvalue weighted by Crippen LogP contribution is 2.44. The van der Waals surface area contributed by atoms with Crippen LogP contribution in [0.1, 0.15) is 28.8 Å². The molecule has 0 unspecified atom stereocenters. The van der Waals surface area contributed by atoms with Crippen molar-refractivity contribution in [2.45, 2.75) is 19.9 Å². The van der Waals surface area contributed by atoms with Crippen LogP contribution in [0.4, 0.5) is 0 Å². The first-order valence-corrected chi connectivity index (χ1v) is 9.00. The van der Waals surface area contributed by atoms with Crippen molar-refractivity contribution in [2.24, 2.45) is 0 Å². The Morgan fingerprint density at radius 1 is 1.36 bits per heavy atom. The van der Waals surface area contributed by atoms with Crippen molar-refractivity contribution in [3.8, 4) is 16.9 Å². The standard InChI is InChI=1S/C21H18N4O3/c1-4-13-9-14(17-11(2)24-28-12(17)3)20-19-18(13)23-21(26)25(19)16(10-27-20)15-7-5-6-8-22-15/h4-9,16H,1,10H2,2-3H3,(H,23,26)/t16-/m1/s1. The van der Waals surface area contributed by atoms with Gasteiger partial charge in [0.1, 0.15) is 23.9 Å². The second-order valence-corrected chi connectivity index (χ2v) is 6.85. The predicted octanol–water partition coefficient (Wildman–Crippen LogP) is 3.62. The fraction of sp³-hybridized carbons (Fsp3) is 0.190. The molecule has 0 saturated carbocycles. The molecule has 4 aromatic rings.